The summed E-state index contributed by atoms with van der Waals surface area (Å²) in [6.45, 7) is 0. The average Bonchev–Trinajstić information content (AvgIpc) is 2.66. The van der Waals surface area contributed by atoms with Crippen molar-refractivity contribution in [2.45, 2.75) is 44.6 Å². The Balaban J connectivity index is 1.63. The molecule has 0 bridgehead atoms. The number of hydrogen-bond donors (Lipinski definition) is 2. The summed E-state index contributed by atoms with van der Waals surface area (Å²) in [5.41, 5.74) is 9.15. The van der Waals surface area contributed by atoms with E-state index in [4.69, 9.17) is 5.73 Å². The number of nitrogen functional groups attached to an aromatic ring is 1. The van der Waals surface area contributed by atoms with E-state index in [0.717, 1.165) is 18.5 Å². The molecule has 3 nitrogen and oxygen atoms in total. The number of aryl methyl sites for hydroxylation is 1. The number of rotatable bonds is 3. The predicted molar refractivity (Wildman–Crippen MR) is 72.0 cm³/mol. The SMILES string of the molecule is Nc1ccc2c(c1)CCC2NC(=O)CC1CCC1. The first kappa shape index (κ1) is 11.6. The van der Waals surface area contributed by atoms with Crippen LogP contribution >= 0.6 is 0 Å². The summed E-state index contributed by atoms with van der Waals surface area (Å²) in [6, 6.07) is 6.22. The van der Waals surface area contributed by atoms with Crippen molar-refractivity contribution in [1.29, 1.82) is 0 Å². The molecule has 0 saturated heterocycles. The van der Waals surface area contributed by atoms with E-state index in [-0.39, 0.29) is 11.9 Å². The normalized spacial score (nSPS) is 22.3. The van der Waals surface area contributed by atoms with Gasteiger partial charge in [0.25, 0.3) is 0 Å². The molecule has 1 fully saturated rings. The van der Waals surface area contributed by atoms with Crippen LogP contribution in [-0.2, 0) is 11.2 Å². The quantitative estimate of drug-likeness (QED) is 0.803. The van der Waals surface area contributed by atoms with Crippen molar-refractivity contribution < 1.29 is 4.79 Å². The highest BCUT2D eigenvalue weighted by Crippen LogP contribution is 2.33. The van der Waals surface area contributed by atoms with E-state index in [9.17, 15) is 4.79 Å². The van der Waals surface area contributed by atoms with Crippen LogP contribution < -0.4 is 11.1 Å². The second-order valence-corrected chi connectivity index (χ2v) is 5.62. The van der Waals surface area contributed by atoms with Crippen molar-refractivity contribution in [2.75, 3.05) is 5.73 Å². The Kier molecular flexibility index (Phi) is 2.98. The standard InChI is InChI=1S/C15H20N2O/c16-12-5-6-13-11(9-12)4-7-14(13)17-15(18)8-10-2-1-3-10/h5-6,9-10,14H,1-4,7-8,16H2,(H,17,18). The summed E-state index contributed by atoms with van der Waals surface area (Å²) in [5, 5.41) is 3.17. The van der Waals surface area contributed by atoms with E-state index in [2.05, 4.69) is 11.4 Å². The van der Waals surface area contributed by atoms with Gasteiger partial charge in [-0.25, -0.2) is 0 Å². The van der Waals surface area contributed by atoms with E-state index in [1.54, 1.807) is 0 Å². The lowest BCUT2D eigenvalue weighted by Crippen LogP contribution is -2.30. The van der Waals surface area contributed by atoms with Gasteiger partial charge in [0.2, 0.25) is 5.91 Å². The van der Waals surface area contributed by atoms with Crippen LogP contribution in [0.25, 0.3) is 0 Å². The van der Waals surface area contributed by atoms with Gasteiger partial charge in [-0.2, -0.15) is 0 Å². The van der Waals surface area contributed by atoms with E-state index in [0.29, 0.717) is 12.3 Å². The lowest BCUT2D eigenvalue weighted by atomic mass is 9.83. The smallest absolute Gasteiger partial charge is 0.220 e. The zero-order valence-electron chi connectivity index (χ0n) is 10.6. The fourth-order valence-electron chi connectivity index (χ4n) is 3.00. The number of carbonyl (C=O) groups excluding carboxylic acids is 1. The van der Waals surface area contributed by atoms with Crippen molar-refractivity contribution in [2.24, 2.45) is 5.92 Å². The number of fused-ring (bicyclic) bond motifs is 1. The molecule has 3 heteroatoms. The summed E-state index contributed by atoms with van der Waals surface area (Å²) in [6.07, 6.45) is 6.49. The van der Waals surface area contributed by atoms with Crippen LogP contribution in [0.2, 0.25) is 0 Å². The lowest BCUT2D eigenvalue weighted by Gasteiger charge is -2.25. The van der Waals surface area contributed by atoms with Crippen LogP contribution in [0.15, 0.2) is 18.2 Å². The Bertz CT molecular complexity index is 466. The predicted octanol–water partition coefficient (Wildman–Crippen LogP) is 2.56. The minimum absolute atomic E-state index is 0.202. The zero-order valence-corrected chi connectivity index (χ0v) is 10.6. The molecule has 0 heterocycles. The topological polar surface area (TPSA) is 55.1 Å². The van der Waals surface area contributed by atoms with E-state index >= 15 is 0 Å². The second kappa shape index (κ2) is 4.63. The lowest BCUT2D eigenvalue weighted by molar-refractivity contribution is -0.123. The molecular formula is C15H20N2O. The summed E-state index contributed by atoms with van der Waals surface area (Å²) in [4.78, 5) is 11.9. The molecule has 2 aliphatic rings. The van der Waals surface area contributed by atoms with E-state index in [1.807, 2.05) is 12.1 Å². The third-order valence-electron chi connectivity index (χ3n) is 4.28. The van der Waals surface area contributed by atoms with E-state index in [1.165, 1.54) is 30.4 Å². The molecule has 1 saturated carbocycles. The molecule has 18 heavy (non-hydrogen) atoms. The Morgan fingerprint density at radius 2 is 2.17 bits per heavy atom. The van der Waals surface area contributed by atoms with Gasteiger partial charge in [0.15, 0.2) is 0 Å². The van der Waals surface area contributed by atoms with E-state index < -0.39 is 0 Å². The number of amides is 1. The van der Waals surface area contributed by atoms with Crippen LogP contribution in [0, 0.1) is 5.92 Å². The van der Waals surface area contributed by atoms with Gasteiger partial charge in [0.05, 0.1) is 6.04 Å². The van der Waals surface area contributed by atoms with Gasteiger partial charge >= 0.3 is 0 Å². The molecule has 1 atom stereocenters. The Morgan fingerprint density at radius 3 is 2.89 bits per heavy atom. The monoisotopic (exact) mass is 244 g/mol. The van der Waals surface area contributed by atoms with Gasteiger partial charge in [-0.1, -0.05) is 12.5 Å². The molecule has 0 spiro atoms. The summed E-state index contributed by atoms with van der Waals surface area (Å²) in [5.74, 6) is 0.853. The average molecular weight is 244 g/mol. The first-order chi connectivity index (χ1) is 8.72. The molecular weight excluding hydrogens is 224 g/mol. The van der Waals surface area contributed by atoms with Gasteiger partial charge < -0.3 is 11.1 Å². The van der Waals surface area contributed by atoms with Crippen LogP contribution in [-0.4, -0.2) is 5.91 Å². The number of nitrogens with one attached hydrogen (secondary N) is 1. The fraction of sp³-hybridized carbons (Fsp3) is 0.533. The minimum atomic E-state index is 0.202. The molecule has 1 aromatic carbocycles. The summed E-state index contributed by atoms with van der Waals surface area (Å²) >= 11 is 0. The van der Waals surface area contributed by atoms with Gasteiger partial charge in [0, 0.05) is 12.1 Å². The molecule has 96 valence electrons. The summed E-state index contributed by atoms with van der Waals surface area (Å²) in [7, 11) is 0. The van der Waals surface area contributed by atoms with Crippen molar-refractivity contribution in [3.63, 3.8) is 0 Å². The highest BCUT2D eigenvalue weighted by atomic mass is 16.1. The molecule has 3 rings (SSSR count). The van der Waals surface area contributed by atoms with Gasteiger partial charge in [-0.3, -0.25) is 4.79 Å². The van der Waals surface area contributed by atoms with Crippen molar-refractivity contribution in [1.82, 2.24) is 5.32 Å². The first-order valence-electron chi connectivity index (χ1n) is 6.90. The molecule has 0 aliphatic heterocycles. The van der Waals surface area contributed by atoms with Crippen LogP contribution in [0.4, 0.5) is 5.69 Å². The number of anilines is 1. The molecule has 3 N–H and O–H groups in total. The number of carbonyl (C=O) groups is 1. The van der Waals surface area contributed by atoms with Crippen molar-refractivity contribution in [3.05, 3.63) is 29.3 Å². The Hall–Kier alpha value is -1.51. The van der Waals surface area contributed by atoms with Gasteiger partial charge in [-0.15, -0.1) is 0 Å². The number of hydrogen-bond acceptors (Lipinski definition) is 2. The largest absolute Gasteiger partial charge is 0.399 e. The maximum Gasteiger partial charge on any atom is 0.220 e. The summed E-state index contributed by atoms with van der Waals surface area (Å²) < 4.78 is 0. The molecule has 2 aliphatic carbocycles. The first-order valence-corrected chi connectivity index (χ1v) is 6.90. The van der Waals surface area contributed by atoms with Crippen molar-refractivity contribution in [3.8, 4) is 0 Å². The minimum Gasteiger partial charge on any atom is -0.399 e. The molecule has 0 radical (unpaired) electrons. The fourth-order valence-corrected chi connectivity index (χ4v) is 3.00. The Labute approximate surface area is 108 Å². The third kappa shape index (κ3) is 2.22. The maximum atomic E-state index is 11.9. The van der Waals surface area contributed by atoms with Crippen LogP contribution in [0.3, 0.4) is 0 Å². The maximum absolute atomic E-state index is 11.9. The van der Waals surface area contributed by atoms with Crippen LogP contribution in [0.5, 0.6) is 0 Å². The molecule has 1 amide bonds. The third-order valence-corrected chi connectivity index (χ3v) is 4.28. The van der Waals surface area contributed by atoms with Crippen LogP contribution in [0.1, 0.15) is 49.3 Å². The molecule has 1 aromatic rings. The number of nitrogens with two attached hydrogens (primary N) is 1. The highest BCUT2D eigenvalue weighted by molar-refractivity contribution is 5.77. The van der Waals surface area contributed by atoms with Gasteiger partial charge in [0.1, 0.15) is 0 Å². The molecule has 1 unspecified atom stereocenters. The molecule has 0 aromatic heterocycles. The van der Waals surface area contributed by atoms with Gasteiger partial charge in [-0.05, 0) is 54.9 Å². The number of benzene rings is 1. The van der Waals surface area contributed by atoms with Crippen molar-refractivity contribution >= 4 is 11.6 Å². The Morgan fingerprint density at radius 1 is 1.33 bits per heavy atom. The zero-order chi connectivity index (χ0) is 12.5. The highest BCUT2D eigenvalue weighted by Gasteiger charge is 2.26. The second-order valence-electron chi connectivity index (χ2n) is 5.62.